The van der Waals surface area contributed by atoms with E-state index in [0.29, 0.717) is 31.7 Å². The summed E-state index contributed by atoms with van der Waals surface area (Å²) in [7, 11) is 1.57. The quantitative estimate of drug-likeness (QED) is 0.653. The summed E-state index contributed by atoms with van der Waals surface area (Å²) in [4.78, 5) is 40.2. The average molecular weight is 451 g/mol. The van der Waals surface area contributed by atoms with Gasteiger partial charge in [-0.3, -0.25) is 14.4 Å². The molecule has 1 aliphatic heterocycles. The summed E-state index contributed by atoms with van der Waals surface area (Å²) in [6.45, 7) is 2.93. The Hall–Kier alpha value is -2.35. The summed E-state index contributed by atoms with van der Waals surface area (Å²) < 4.78 is 11.6. The van der Waals surface area contributed by atoms with Crippen molar-refractivity contribution in [2.75, 3.05) is 33.3 Å². The van der Waals surface area contributed by atoms with Crippen LogP contribution < -0.4 is 0 Å². The molecule has 1 atom stereocenters. The van der Waals surface area contributed by atoms with Gasteiger partial charge < -0.3 is 19.0 Å². The Morgan fingerprint density at radius 2 is 2.11 bits per heavy atom. The summed E-state index contributed by atoms with van der Waals surface area (Å²) in [6, 6.07) is 7.15. The van der Waals surface area contributed by atoms with Crippen molar-refractivity contribution < 1.29 is 23.5 Å². The van der Waals surface area contributed by atoms with Crippen LogP contribution in [0.5, 0.6) is 0 Å². The van der Waals surface area contributed by atoms with Crippen LogP contribution in [0.1, 0.15) is 30.3 Å². The molecule has 0 radical (unpaired) electrons. The first-order valence-electron chi connectivity index (χ1n) is 9.28. The Kier molecular flexibility index (Phi) is 6.39. The van der Waals surface area contributed by atoms with Crippen molar-refractivity contribution >= 4 is 44.7 Å². The van der Waals surface area contributed by atoms with Gasteiger partial charge in [0.1, 0.15) is 5.58 Å². The van der Waals surface area contributed by atoms with Crippen LogP contribution in [-0.4, -0.2) is 60.9 Å². The maximum atomic E-state index is 12.7. The molecule has 150 valence electrons. The van der Waals surface area contributed by atoms with Gasteiger partial charge in [-0.2, -0.15) is 0 Å². The summed E-state index contributed by atoms with van der Waals surface area (Å²) in [6.07, 6.45) is 1.46. The maximum Gasteiger partial charge on any atom is 0.310 e. The van der Waals surface area contributed by atoms with Crippen molar-refractivity contribution in [3.05, 3.63) is 34.5 Å². The first-order chi connectivity index (χ1) is 13.4. The van der Waals surface area contributed by atoms with Crippen LogP contribution in [0, 0.1) is 5.92 Å². The van der Waals surface area contributed by atoms with Crippen LogP contribution in [-0.2, 0) is 14.3 Å². The summed E-state index contributed by atoms with van der Waals surface area (Å²) in [5.41, 5.74) is 0.611. The van der Waals surface area contributed by atoms with Gasteiger partial charge >= 0.3 is 5.97 Å². The molecular formula is C20H23BrN2O5. The second kappa shape index (κ2) is 8.77. The van der Waals surface area contributed by atoms with Gasteiger partial charge in [-0.1, -0.05) is 15.9 Å². The molecule has 3 rings (SSSR count). The summed E-state index contributed by atoms with van der Waals surface area (Å²) in [5, 5.41) is 0.811. The molecule has 0 spiro atoms. The molecule has 2 heterocycles. The Morgan fingerprint density at radius 1 is 1.32 bits per heavy atom. The van der Waals surface area contributed by atoms with Gasteiger partial charge in [0.25, 0.3) is 5.91 Å². The minimum absolute atomic E-state index is 0.0743. The number of halogens is 1. The van der Waals surface area contributed by atoms with Crippen LogP contribution in [0.4, 0.5) is 0 Å². The topological polar surface area (TPSA) is 80.1 Å². The van der Waals surface area contributed by atoms with Crippen molar-refractivity contribution in [2.45, 2.75) is 19.8 Å². The zero-order valence-corrected chi connectivity index (χ0v) is 17.5. The number of hydrogen-bond donors (Lipinski definition) is 0. The van der Waals surface area contributed by atoms with Crippen molar-refractivity contribution in [1.29, 1.82) is 0 Å². The van der Waals surface area contributed by atoms with Gasteiger partial charge in [0.2, 0.25) is 5.91 Å². The zero-order valence-electron chi connectivity index (χ0n) is 15.9. The lowest BCUT2D eigenvalue weighted by Crippen LogP contribution is -2.47. The number of likely N-dealkylation sites (tertiary alicyclic amines) is 1. The molecule has 1 aromatic carbocycles. The molecular weight excluding hydrogens is 428 g/mol. The van der Waals surface area contributed by atoms with Crippen LogP contribution in [0.15, 0.2) is 33.2 Å². The number of furan rings is 1. The smallest absolute Gasteiger partial charge is 0.310 e. The second-order valence-corrected chi connectivity index (χ2v) is 7.80. The van der Waals surface area contributed by atoms with Gasteiger partial charge in [-0.05, 0) is 44.0 Å². The van der Waals surface area contributed by atoms with E-state index in [1.807, 2.05) is 12.1 Å². The number of carbonyl (C=O) groups is 3. The van der Waals surface area contributed by atoms with Crippen LogP contribution in [0.3, 0.4) is 0 Å². The van der Waals surface area contributed by atoms with Gasteiger partial charge in [-0.15, -0.1) is 0 Å². The summed E-state index contributed by atoms with van der Waals surface area (Å²) in [5.74, 6) is -0.930. The molecule has 0 bridgehead atoms. The number of amides is 2. The highest BCUT2D eigenvalue weighted by Crippen LogP contribution is 2.24. The molecule has 28 heavy (non-hydrogen) atoms. The fourth-order valence-corrected chi connectivity index (χ4v) is 3.72. The van der Waals surface area contributed by atoms with Crippen molar-refractivity contribution in [3.63, 3.8) is 0 Å². The molecule has 2 amide bonds. The molecule has 7 nitrogen and oxygen atoms in total. The lowest BCUT2D eigenvalue weighted by molar-refractivity contribution is -0.151. The fraction of sp³-hybridized carbons (Fsp3) is 0.450. The largest absolute Gasteiger partial charge is 0.466 e. The van der Waals surface area contributed by atoms with E-state index in [9.17, 15) is 14.4 Å². The third-order valence-corrected chi connectivity index (χ3v) is 5.30. The van der Waals surface area contributed by atoms with Crippen molar-refractivity contribution in [2.24, 2.45) is 5.92 Å². The van der Waals surface area contributed by atoms with E-state index in [1.54, 1.807) is 31.0 Å². The minimum Gasteiger partial charge on any atom is -0.466 e. The first kappa shape index (κ1) is 20.4. The number of benzene rings is 1. The second-order valence-electron chi connectivity index (χ2n) is 6.88. The number of carbonyl (C=O) groups excluding carboxylic acids is 3. The van der Waals surface area contributed by atoms with E-state index in [0.717, 1.165) is 16.3 Å². The monoisotopic (exact) mass is 450 g/mol. The highest BCUT2D eigenvalue weighted by molar-refractivity contribution is 9.10. The van der Waals surface area contributed by atoms with E-state index < -0.39 is 0 Å². The van der Waals surface area contributed by atoms with E-state index in [1.165, 1.54) is 4.90 Å². The standard InChI is InChI=1S/C20H23BrN2O5/c1-3-27-20(26)13-5-4-8-23(11-13)18(24)12-22(2)19(25)17-10-14-9-15(21)6-7-16(14)28-17/h6-7,9-10,13H,3-5,8,11-12H2,1-2H3. The van der Waals surface area contributed by atoms with Crippen LogP contribution in [0.2, 0.25) is 0 Å². The van der Waals surface area contributed by atoms with E-state index in [4.69, 9.17) is 9.15 Å². The number of ether oxygens (including phenoxy) is 1. The average Bonchev–Trinajstić information content (AvgIpc) is 3.10. The number of hydrogen-bond acceptors (Lipinski definition) is 5. The molecule has 0 aliphatic carbocycles. The lowest BCUT2D eigenvalue weighted by atomic mass is 9.98. The number of likely N-dealkylation sites (N-methyl/N-ethyl adjacent to an activating group) is 1. The Balaban J connectivity index is 1.62. The molecule has 1 aromatic heterocycles. The Bertz CT molecular complexity index is 894. The lowest BCUT2D eigenvalue weighted by Gasteiger charge is -2.32. The van der Waals surface area contributed by atoms with Gasteiger partial charge in [0, 0.05) is 30.0 Å². The molecule has 1 saturated heterocycles. The van der Waals surface area contributed by atoms with Gasteiger partial charge in [0.15, 0.2) is 5.76 Å². The molecule has 0 saturated carbocycles. The predicted octanol–water partition coefficient (Wildman–Crippen LogP) is 3.07. The molecule has 1 fully saturated rings. The number of rotatable bonds is 5. The third kappa shape index (κ3) is 4.55. The highest BCUT2D eigenvalue weighted by atomic mass is 79.9. The normalized spacial score (nSPS) is 16.8. The van der Waals surface area contributed by atoms with Crippen molar-refractivity contribution in [3.8, 4) is 0 Å². The van der Waals surface area contributed by atoms with E-state index >= 15 is 0 Å². The van der Waals surface area contributed by atoms with Gasteiger partial charge in [-0.25, -0.2) is 0 Å². The molecule has 2 aromatic rings. The SMILES string of the molecule is CCOC(=O)C1CCCN(C(=O)CN(C)C(=O)c2cc3cc(Br)ccc3o2)C1. The van der Waals surface area contributed by atoms with Crippen LogP contribution in [0.25, 0.3) is 11.0 Å². The van der Waals surface area contributed by atoms with Gasteiger partial charge in [0.05, 0.1) is 19.1 Å². The molecule has 0 N–H and O–H groups in total. The Morgan fingerprint density at radius 3 is 2.86 bits per heavy atom. The maximum absolute atomic E-state index is 12.7. The fourth-order valence-electron chi connectivity index (χ4n) is 3.34. The molecule has 1 unspecified atom stereocenters. The molecule has 8 heteroatoms. The minimum atomic E-state index is -0.361. The number of fused-ring (bicyclic) bond motifs is 1. The number of nitrogens with zero attached hydrogens (tertiary/aromatic N) is 2. The molecule has 1 aliphatic rings. The van der Waals surface area contributed by atoms with Crippen LogP contribution >= 0.6 is 15.9 Å². The van der Waals surface area contributed by atoms with E-state index in [-0.39, 0.29) is 36.0 Å². The first-order valence-corrected chi connectivity index (χ1v) is 10.1. The number of esters is 1. The predicted molar refractivity (Wildman–Crippen MR) is 107 cm³/mol. The highest BCUT2D eigenvalue weighted by Gasteiger charge is 2.30. The van der Waals surface area contributed by atoms with Crippen molar-refractivity contribution in [1.82, 2.24) is 9.80 Å². The third-order valence-electron chi connectivity index (χ3n) is 4.80. The zero-order chi connectivity index (χ0) is 20.3. The number of piperidine rings is 1. The Labute approximate surface area is 171 Å². The van der Waals surface area contributed by atoms with E-state index in [2.05, 4.69) is 15.9 Å². The summed E-state index contributed by atoms with van der Waals surface area (Å²) >= 11 is 3.39.